The molecule has 0 atom stereocenters. The lowest BCUT2D eigenvalue weighted by atomic mass is 10.5. The average Bonchev–Trinajstić information content (AvgIpc) is 1.62. The molecule has 3 N–H and O–H groups in total. The fourth-order valence-electron chi connectivity index (χ4n) is 0.0676. The van der Waals surface area contributed by atoms with Crippen molar-refractivity contribution in [1.82, 2.24) is 0 Å². The van der Waals surface area contributed by atoms with Crippen LogP contribution in [0.1, 0.15) is 6.42 Å². The molecule has 0 aliphatic rings. The predicted molar refractivity (Wildman–Crippen MR) is 31.3 cm³/mol. The molecule has 10 heavy (non-hydrogen) atoms. The number of nitriles is 1. The van der Waals surface area contributed by atoms with Crippen molar-refractivity contribution in [3.63, 3.8) is 0 Å². The molecule has 0 radical (unpaired) electrons. The van der Waals surface area contributed by atoms with E-state index in [2.05, 4.69) is 0 Å². The van der Waals surface area contributed by atoms with E-state index in [1.807, 2.05) is 0 Å². The van der Waals surface area contributed by atoms with E-state index in [0.717, 1.165) is 0 Å². The molecule has 0 bridgehead atoms. The number of aliphatic carboxylic acids is 1. The van der Waals surface area contributed by atoms with Gasteiger partial charge in [-0.25, -0.2) is 0 Å². The Labute approximate surface area is 59.2 Å². The van der Waals surface area contributed by atoms with E-state index in [4.69, 9.17) is 23.7 Å². The van der Waals surface area contributed by atoms with Crippen LogP contribution in [0.2, 0.25) is 0 Å². The average molecular weight is 167 g/mol. The van der Waals surface area contributed by atoms with E-state index in [1.54, 1.807) is 0 Å². The normalized spacial score (nSPS) is 7.40. The SMILES string of the molecule is N#CCC(=O)O.O=S(O)O. The van der Waals surface area contributed by atoms with Crippen molar-refractivity contribution in [3.8, 4) is 6.07 Å². The van der Waals surface area contributed by atoms with Crippen LogP contribution in [0.15, 0.2) is 0 Å². The second kappa shape index (κ2) is 8.03. The summed E-state index contributed by atoms with van der Waals surface area (Å²) < 4.78 is 22.8. The van der Waals surface area contributed by atoms with Crippen molar-refractivity contribution in [2.24, 2.45) is 0 Å². The first-order valence-corrected chi connectivity index (χ1v) is 2.95. The Kier molecular flexibility index (Phi) is 9.46. The third kappa shape index (κ3) is 62.0. The zero-order valence-electron chi connectivity index (χ0n) is 4.72. The summed E-state index contributed by atoms with van der Waals surface area (Å²) in [4.78, 5) is 9.38. The quantitative estimate of drug-likeness (QED) is 0.460. The van der Waals surface area contributed by atoms with Gasteiger partial charge in [0.25, 0.3) is 11.4 Å². The second-order valence-electron chi connectivity index (χ2n) is 0.959. The van der Waals surface area contributed by atoms with Gasteiger partial charge in [-0.1, -0.05) is 0 Å². The van der Waals surface area contributed by atoms with Gasteiger partial charge in [0.1, 0.15) is 6.42 Å². The third-order valence-electron chi connectivity index (χ3n) is 0.230. The first-order chi connectivity index (χ1) is 4.50. The van der Waals surface area contributed by atoms with Gasteiger partial charge in [0.2, 0.25) is 0 Å². The van der Waals surface area contributed by atoms with Crippen LogP contribution in [0, 0.1) is 11.3 Å². The molecule has 0 spiro atoms. The summed E-state index contributed by atoms with van der Waals surface area (Å²) in [5, 5.41) is 15.3. The van der Waals surface area contributed by atoms with Gasteiger partial charge >= 0.3 is 5.97 Å². The molecule has 0 saturated heterocycles. The zero-order valence-corrected chi connectivity index (χ0v) is 5.54. The molecule has 7 heteroatoms. The topological polar surface area (TPSA) is 119 Å². The van der Waals surface area contributed by atoms with Crippen LogP contribution in [0.5, 0.6) is 0 Å². The minimum Gasteiger partial charge on any atom is -0.480 e. The van der Waals surface area contributed by atoms with Crippen molar-refractivity contribution in [3.05, 3.63) is 0 Å². The maximum atomic E-state index is 9.38. The van der Waals surface area contributed by atoms with Gasteiger partial charge in [-0.3, -0.25) is 13.9 Å². The van der Waals surface area contributed by atoms with Crippen molar-refractivity contribution >= 4 is 17.3 Å². The van der Waals surface area contributed by atoms with E-state index in [0.29, 0.717) is 0 Å². The minimum absolute atomic E-state index is 0.403. The van der Waals surface area contributed by atoms with Gasteiger partial charge in [0.15, 0.2) is 0 Å². The lowest BCUT2D eigenvalue weighted by molar-refractivity contribution is -0.135. The number of carbonyl (C=O) groups is 1. The highest BCUT2D eigenvalue weighted by molar-refractivity contribution is 7.73. The summed E-state index contributed by atoms with van der Waals surface area (Å²) in [6.45, 7) is 0. The number of hydrogen-bond acceptors (Lipinski definition) is 3. The highest BCUT2D eigenvalue weighted by Crippen LogP contribution is 1.68. The fourth-order valence-corrected chi connectivity index (χ4v) is 0.0676. The van der Waals surface area contributed by atoms with Gasteiger partial charge in [0, 0.05) is 0 Å². The maximum absolute atomic E-state index is 9.38. The predicted octanol–water partition coefficient (Wildman–Crippen LogP) is -0.334. The van der Waals surface area contributed by atoms with Crippen LogP contribution in [-0.2, 0) is 16.2 Å². The Morgan fingerprint density at radius 1 is 1.60 bits per heavy atom. The summed E-state index contributed by atoms with van der Waals surface area (Å²) in [5.74, 6) is -1.07. The van der Waals surface area contributed by atoms with Crippen LogP contribution in [0.3, 0.4) is 0 Å². The number of hydrogen-bond donors (Lipinski definition) is 3. The summed E-state index contributed by atoms with van der Waals surface area (Å²) >= 11 is -2.61. The van der Waals surface area contributed by atoms with Crippen LogP contribution < -0.4 is 0 Å². The van der Waals surface area contributed by atoms with Crippen LogP contribution in [0.25, 0.3) is 0 Å². The highest BCUT2D eigenvalue weighted by Gasteiger charge is 1.87. The van der Waals surface area contributed by atoms with Crippen molar-refractivity contribution in [1.29, 1.82) is 5.26 Å². The summed E-state index contributed by atoms with van der Waals surface area (Å²) in [7, 11) is 0. The molecule has 0 aromatic carbocycles. The molecule has 0 heterocycles. The van der Waals surface area contributed by atoms with Crippen LogP contribution in [0.4, 0.5) is 0 Å². The number of nitrogens with zero attached hydrogens (tertiary/aromatic N) is 1. The summed E-state index contributed by atoms with van der Waals surface area (Å²) in [5.41, 5.74) is 0. The van der Waals surface area contributed by atoms with Gasteiger partial charge in [-0.15, -0.1) is 0 Å². The molecule has 0 aromatic heterocycles. The highest BCUT2D eigenvalue weighted by atomic mass is 32.2. The molecule has 0 saturated carbocycles. The van der Waals surface area contributed by atoms with Gasteiger partial charge < -0.3 is 5.11 Å². The first kappa shape index (κ1) is 11.8. The molecule has 0 aliphatic carbocycles. The van der Waals surface area contributed by atoms with E-state index < -0.39 is 23.8 Å². The second-order valence-corrected chi connectivity index (χ2v) is 1.42. The molecular weight excluding hydrogens is 162 g/mol. The molecule has 0 aromatic rings. The van der Waals surface area contributed by atoms with E-state index in [-0.39, 0.29) is 0 Å². The third-order valence-corrected chi connectivity index (χ3v) is 0.230. The monoisotopic (exact) mass is 167 g/mol. The summed E-state index contributed by atoms with van der Waals surface area (Å²) in [6, 6.07) is 1.47. The molecule has 0 fully saturated rings. The molecular formula is C3H5NO5S. The number of rotatable bonds is 1. The molecule has 0 amide bonds. The Balaban J connectivity index is 0. The Morgan fingerprint density at radius 2 is 1.90 bits per heavy atom. The first-order valence-electron chi connectivity index (χ1n) is 1.89. The molecule has 58 valence electrons. The van der Waals surface area contributed by atoms with E-state index in [1.165, 1.54) is 6.07 Å². The Morgan fingerprint density at radius 3 is 1.90 bits per heavy atom. The van der Waals surface area contributed by atoms with Gasteiger partial charge in [-0.05, 0) is 0 Å². The lowest BCUT2D eigenvalue weighted by Gasteiger charge is -1.70. The van der Waals surface area contributed by atoms with E-state index >= 15 is 0 Å². The maximum Gasteiger partial charge on any atom is 0.317 e. The number of carboxylic acid groups (broad SMARTS) is 1. The molecule has 6 nitrogen and oxygen atoms in total. The summed E-state index contributed by atoms with van der Waals surface area (Å²) in [6.07, 6.45) is -0.403. The lowest BCUT2D eigenvalue weighted by Crippen LogP contribution is -1.88. The smallest absolute Gasteiger partial charge is 0.317 e. The van der Waals surface area contributed by atoms with Crippen molar-refractivity contribution < 1.29 is 23.2 Å². The van der Waals surface area contributed by atoms with Crippen LogP contribution >= 0.6 is 0 Å². The minimum atomic E-state index is -2.61. The van der Waals surface area contributed by atoms with E-state index in [9.17, 15) is 4.79 Å². The Bertz CT molecular complexity index is 157. The molecule has 0 rings (SSSR count). The zero-order chi connectivity index (χ0) is 8.57. The molecule has 0 aliphatic heterocycles. The standard InChI is InChI=1S/C3H3NO2.H2O3S/c4-2-1-3(5)6;1-4(2)3/h1H2,(H,5,6);(H2,1,2,3). The van der Waals surface area contributed by atoms with Crippen LogP contribution in [-0.4, -0.2) is 24.4 Å². The van der Waals surface area contributed by atoms with Crippen molar-refractivity contribution in [2.75, 3.05) is 0 Å². The van der Waals surface area contributed by atoms with Crippen molar-refractivity contribution in [2.45, 2.75) is 6.42 Å². The Hall–Kier alpha value is -0.970. The molecule has 0 unspecified atom stereocenters. The fraction of sp³-hybridized carbons (Fsp3) is 0.333. The van der Waals surface area contributed by atoms with Gasteiger partial charge in [0.05, 0.1) is 6.07 Å². The van der Waals surface area contributed by atoms with Gasteiger partial charge in [-0.2, -0.15) is 9.47 Å². The largest absolute Gasteiger partial charge is 0.480 e. The number of carboxylic acids is 1.